The molecule has 1 saturated heterocycles. The minimum Gasteiger partial charge on any atom is -0.406 e. The smallest absolute Gasteiger partial charge is 0.318 e. The summed E-state index contributed by atoms with van der Waals surface area (Å²) in [5.41, 5.74) is 0. The number of hydrogen-bond donors (Lipinski definition) is 1. The lowest BCUT2D eigenvalue weighted by Gasteiger charge is -2.36. The number of rotatable bonds is 3. The van der Waals surface area contributed by atoms with Gasteiger partial charge >= 0.3 is 6.01 Å². The van der Waals surface area contributed by atoms with Crippen molar-refractivity contribution in [3.8, 4) is 0 Å². The fourth-order valence-corrected chi connectivity index (χ4v) is 2.06. The van der Waals surface area contributed by atoms with Crippen molar-refractivity contribution in [1.29, 1.82) is 0 Å². The van der Waals surface area contributed by atoms with Gasteiger partial charge in [-0.3, -0.25) is 0 Å². The zero-order valence-corrected chi connectivity index (χ0v) is 11.0. The Kier molecular flexibility index (Phi) is 3.63. The van der Waals surface area contributed by atoms with Crippen LogP contribution in [0.25, 0.3) is 0 Å². The van der Waals surface area contributed by atoms with Gasteiger partial charge in [-0.15, -0.1) is 5.10 Å². The Morgan fingerprint density at radius 2 is 2.18 bits per heavy atom. The summed E-state index contributed by atoms with van der Waals surface area (Å²) < 4.78 is 5.70. The lowest BCUT2D eigenvalue weighted by Crippen LogP contribution is -2.50. The molecule has 6 nitrogen and oxygen atoms in total. The fourth-order valence-electron chi connectivity index (χ4n) is 2.06. The van der Waals surface area contributed by atoms with E-state index in [9.17, 15) is 0 Å². The maximum absolute atomic E-state index is 5.70. The molecule has 1 fully saturated rings. The summed E-state index contributed by atoms with van der Waals surface area (Å²) in [6.45, 7) is 7.18. The van der Waals surface area contributed by atoms with E-state index in [0.717, 1.165) is 19.6 Å². The molecule has 0 radical (unpaired) electrons. The Morgan fingerprint density at radius 3 is 2.82 bits per heavy atom. The van der Waals surface area contributed by atoms with Crippen molar-refractivity contribution in [2.24, 2.45) is 0 Å². The minimum absolute atomic E-state index is 0.0963. The molecule has 1 aromatic rings. The Bertz CT molecular complexity index is 366. The molecule has 0 aromatic carbocycles. The van der Waals surface area contributed by atoms with E-state index in [1.54, 1.807) is 0 Å². The number of nitrogens with zero attached hydrogens (tertiary/aromatic N) is 4. The summed E-state index contributed by atoms with van der Waals surface area (Å²) in [6, 6.07) is 1.15. The maximum atomic E-state index is 5.70. The normalized spacial score (nSPS) is 24.0. The number of aromatic nitrogens is 2. The Balaban J connectivity index is 2.09. The zero-order valence-electron chi connectivity index (χ0n) is 11.0. The van der Waals surface area contributed by atoms with Crippen molar-refractivity contribution in [3.05, 3.63) is 5.89 Å². The molecule has 17 heavy (non-hydrogen) atoms. The van der Waals surface area contributed by atoms with Crippen LogP contribution in [0, 0.1) is 0 Å². The minimum atomic E-state index is 0.0963. The topological polar surface area (TPSA) is 57.4 Å². The first kappa shape index (κ1) is 12.3. The van der Waals surface area contributed by atoms with Gasteiger partial charge in [0.05, 0.1) is 6.04 Å². The Hall–Kier alpha value is -1.14. The highest BCUT2D eigenvalue weighted by Crippen LogP contribution is 2.20. The standard InChI is InChI=1S/C11H21N5O/c1-8-7-15(4)5-6-16(8)11-14-13-10(17-11)9(2)12-3/h8-9,12H,5-7H2,1-4H3. The number of likely N-dealkylation sites (N-methyl/N-ethyl adjacent to an activating group) is 1. The molecule has 96 valence electrons. The monoisotopic (exact) mass is 239 g/mol. The van der Waals surface area contributed by atoms with E-state index in [2.05, 4.69) is 39.3 Å². The van der Waals surface area contributed by atoms with E-state index in [0.29, 0.717) is 17.9 Å². The van der Waals surface area contributed by atoms with Crippen LogP contribution in [0.3, 0.4) is 0 Å². The molecule has 0 amide bonds. The van der Waals surface area contributed by atoms with E-state index in [1.807, 2.05) is 14.0 Å². The lowest BCUT2D eigenvalue weighted by molar-refractivity contribution is 0.265. The highest BCUT2D eigenvalue weighted by Gasteiger charge is 2.26. The fraction of sp³-hybridized carbons (Fsp3) is 0.818. The van der Waals surface area contributed by atoms with Gasteiger partial charge in [0.15, 0.2) is 0 Å². The predicted molar refractivity (Wildman–Crippen MR) is 66.1 cm³/mol. The number of piperazine rings is 1. The van der Waals surface area contributed by atoms with Crippen LogP contribution in [0.4, 0.5) is 6.01 Å². The summed E-state index contributed by atoms with van der Waals surface area (Å²) in [6.07, 6.45) is 0. The first-order valence-electron chi connectivity index (χ1n) is 6.07. The molecular weight excluding hydrogens is 218 g/mol. The second-order valence-electron chi connectivity index (χ2n) is 4.74. The van der Waals surface area contributed by atoms with Crippen molar-refractivity contribution in [3.63, 3.8) is 0 Å². The van der Waals surface area contributed by atoms with Gasteiger partial charge in [0.25, 0.3) is 0 Å². The van der Waals surface area contributed by atoms with E-state index in [4.69, 9.17) is 4.42 Å². The molecular formula is C11H21N5O. The SMILES string of the molecule is CNC(C)c1nnc(N2CCN(C)CC2C)o1. The third-order valence-corrected chi connectivity index (χ3v) is 3.31. The molecule has 0 bridgehead atoms. The molecule has 0 aliphatic carbocycles. The molecule has 0 saturated carbocycles. The maximum Gasteiger partial charge on any atom is 0.318 e. The summed E-state index contributed by atoms with van der Waals surface area (Å²) in [5, 5.41) is 11.3. The van der Waals surface area contributed by atoms with Crippen LogP contribution in [0.15, 0.2) is 4.42 Å². The molecule has 1 aliphatic heterocycles. The molecule has 2 unspecified atom stereocenters. The van der Waals surface area contributed by atoms with Crippen molar-refractivity contribution >= 4 is 6.01 Å². The Labute approximate surface area is 102 Å². The Morgan fingerprint density at radius 1 is 1.41 bits per heavy atom. The van der Waals surface area contributed by atoms with Gasteiger partial charge in [-0.05, 0) is 27.9 Å². The first-order chi connectivity index (χ1) is 8.11. The summed E-state index contributed by atoms with van der Waals surface area (Å²) in [7, 11) is 4.02. The van der Waals surface area contributed by atoms with E-state index < -0.39 is 0 Å². The van der Waals surface area contributed by atoms with Gasteiger partial charge in [-0.25, -0.2) is 0 Å². The van der Waals surface area contributed by atoms with Gasteiger partial charge in [-0.2, -0.15) is 0 Å². The van der Waals surface area contributed by atoms with Gasteiger partial charge in [0.2, 0.25) is 5.89 Å². The molecule has 6 heteroatoms. The van der Waals surface area contributed by atoms with Crippen LogP contribution >= 0.6 is 0 Å². The van der Waals surface area contributed by atoms with Crippen molar-refractivity contribution < 1.29 is 4.42 Å². The number of anilines is 1. The van der Waals surface area contributed by atoms with Crippen LogP contribution < -0.4 is 10.2 Å². The summed E-state index contributed by atoms with van der Waals surface area (Å²) in [5.74, 6) is 0.647. The third-order valence-electron chi connectivity index (χ3n) is 3.31. The van der Waals surface area contributed by atoms with Crippen molar-refractivity contribution in [2.45, 2.75) is 25.9 Å². The molecule has 2 atom stereocenters. The highest BCUT2D eigenvalue weighted by molar-refractivity contribution is 5.27. The summed E-state index contributed by atoms with van der Waals surface area (Å²) >= 11 is 0. The molecule has 1 aliphatic rings. The van der Waals surface area contributed by atoms with Crippen molar-refractivity contribution in [2.75, 3.05) is 38.6 Å². The number of nitrogens with one attached hydrogen (secondary N) is 1. The lowest BCUT2D eigenvalue weighted by atomic mass is 10.2. The van der Waals surface area contributed by atoms with Gasteiger partial charge < -0.3 is 19.5 Å². The number of hydrogen-bond acceptors (Lipinski definition) is 6. The van der Waals surface area contributed by atoms with Crippen LogP contribution in [0.5, 0.6) is 0 Å². The second kappa shape index (κ2) is 5.01. The molecule has 1 aromatic heterocycles. The molecule has 1 N–H and O–H groups in total. The van der Waals surface area contributed by atoms with Crippen LogP contribution in [-0.4, -0.2) is 54.9 Å². The average molecular weight is 239 g/mol. The van der Waals surface area contributed by atoms with Gasteiger partial charge in [0, 0.05) is 25.7 Å². The van der Waals surface area contributed by atoms with Gasteiger partial charge in [0.1, 0.15) is 0 Å². The largest absolute Gasteiger partial charge is 0.406 e. The summed E-state index contributed by atoms with van der Waals surface area (Å²) in [4.78, 5) is 4.49. The molecule has 2 rings (SSSR count). The van der Waals surface area contributed by atoms with Crippen molar-refractivity contribution in [1.82, 2.24) is 20.4 Å². The quantitative estimate of drug-likeness (QED) is 0.828. The molecule has 2 heterocycles. The highest BCUT2D eigenvalue weighted by atomic mass is 16.4. The van der Waals surface area contributed by atoms with Crippen LogP contribution in [-0.2, 0) is 0 Å². The third kappa shape index (κ3) is 2.58. The van der Waals surface area contributed by atoms with Crippen LogP contribution in [0.1, 0.15) is 25.8 Å². The average Bonchev–Trinajstić information content (AvgIpc) is 2.77. The van der Waals surface area contributed by atoms with Gasteiger partial charge in [-0.1, -0.05) is 5.10 Å². The zero-order chi connectivity index (χ0) is 12.4. The first-order valence-corrected chi connectivity index (χ1v) is 6.07. The van der Waals surface area contributed by atoms with Crippen LogP contribution in [0.2, 0.25) is 0 Å². The van der Waals surface area contributed by atoms with E-state index in [-0.39, 0.29) is 6.04 Å². The second-order valence-corrected chi connectivity index (χ2v) is 4.74. The predicted octanol–water partition coefficient (Wildman–Crippen LogP) is 0.490. The molecule has 0 spiro atoms. The van der Waals surface area contributed by atoms with E-state index in [1.165, 1.54) is 0 Å². The van der Waals surface area contributed by atoms with E-state index >= 15 is 0 Å².